The summed E-state index contributed by atoms with van der Waals surface area (Å²) in [5, 5.41) is 3.86. The Morgan fingerprint density at radius 3 is 2.63 bits per heavy atom. The van der Waals surface area contributed by atoms with Gasteiger partial charge >= 0.3 is 0 Å². The monoisotopic (exact) mass is 258 g/mol. The maximum absolute atomic E-state index is 4.76. The Hall–Kier alpha value is -1.88. The van der Waals surface area contributed by atoms with Crippen LogP contribution in [0.2, 0.25) is 0 Å². The number of benzene rings is 1. The highest BCUT2D eigenvalue weighted by Gasteiger charge is 2.19. The van der Waals surface area contributed by atoms with E-state index in [0.717, 1.165) is 38.5 Å². The summed E-state index contributed by atoms with van der Waals surface area (Å²) in [6.07, 6.45) is 1.39. The topological polar surface area (TPSA) is 45.4 Å². The lowest BCUT2D eigenvalue weighted by Gasteiger charge is -2.36. The SMILES string of the molecule is Cc1ccccc1N1CCN(Cc2ncon2)CC1. The van der Waals surface area contributed by atoms with Crippen molar-refractivity contribution < 1.29 is 4.52 Å². The molecule has 5 nitrogen and oxygen atoms in total. The first kappa shape index (κ1) is 12.2. The summed E-state index contributed by atoms with van der Waals surface area (Å²) in [5.41, 5.74) is 2.69. The standard InChI is InChI=1S/C14H18N4O/c1-12-4-2-3-5-13(12)18-8-6-17(7-9-18)10-14-15-11-19-16-14/h2-5,11H,6-10H2,1H3. The second kappa shape index (κ2) is 5.40. The molecule has 0 aliphatic carbocycles. The summed E-state index contributed by atoms with van der Waals surface area (Å²) >= 11 is 0. The molecule has 1 aromatic heterocycles. The second-order valence-corrected chi connectivity index (χ2v) is 4.90. The number of piperazine rings is 1. The van der Waals surface area contributed by atoms with Crippen LogP contribution >= 0.6 is 0 Å². The molecule has 0 unspecified atom stereocenters. The molecule has 19 heavy (non-hydrogen) atoms. The van der Waals surface area contributed by atoms with Crippen molar-refractivity contribution in [3.63, 3.8) is 0 Å². The predicted octanol–water partition coefficient (Wildman–Crippen LogP) is 1.70. The summed E-state index contributed by atoms with van der Waals surface area (Å²) in [6.45, 7) is 7.09. The van der Waals surface area contributed by atoms with E-state index in [0.29, 0.717) is 0 Å². The van der Waals surface area contributed by atoms with Gasteiger partial charge in [-0.2, -0.15) is 4.98 Å². The van der Waals surface area contributed by atoms with Crippen LogP contribution in [0.3, 0.4) is 0 Å². The molecular weight excluding hydrogens is 240 g/mol. The quantitative estimate of drug-likeness (QED) is 0.838. The minimum atomic E-state index is 0.768. The first-order valence-electron chi connectivity index (χ1n) is 6.61. The number of rotatable bonds is 3. The number of aromatic nitrogens is 2. The minimum Gasteiger partial charge on any atom is -0.369 e. The Labute approximate surface area is 112 Å². The number of hydrogen-bond acceptors (Lipinski definition) is 5. The highest BCUT2D eigenvalue weighted by Crippen LogP contribution is 2.20. The Morgan fingerprint density at radius 1 is 1.16 bits per heavy atom. The number of nitrogens with zero attached hydrogens (tertiary/aromatic N) is 4. The first-order chi connectivity index (χ1) is 9.33. The van der Waals surface area contributed by atoms with Crippen LogP contribution in [-0.4, -0.2) is 41.2 Å². The van der Waals surface area contributed by atoms with E-state index in [9.17, 15) is 0 Å². The fraction of sp³-hybridized carbons (Fsp3) is 0.429. The summed E-state index contributed by atoms with van der Waals surface area (Å²) in [7, 11) is 0. The molecule has 0 saturated carbocycles. The molecule has 0 radical (unpaired) electrons. The molecule has 100 valence electrons. The average Bonchev–Trinajstić information content (AvgIpc) is 2.93. The van der Waals surface area contributed by atoms with Crippen molar-refractivity contribution in [3.8, 4) is 0 Å². The highest BCUT2D eigenvalue weighted by molar-refractivity contribution is 5.53. The normalized spacial score (nSPS) is 16.8. The van der Waals surface area contributed by atoms with Gasteiger partial charge in [0, 0.05) is 31.9 Å². The molecule has 0 bridgehead atoms. The molecule has 1 aliphatic rings. The van der Waals surface area contributed by atoms with Gasteiger partial charge in [-0.3, -0.25) is 4.90 Å². The lowest BCUT2D eigenvalue weighted by Crippen LogP contribution is -2.46. The smallest absolute Gasteiger partial charge is 0.213 e. The molecule has 0 spiro atoms. The third-order valence-electron chi connectivity index (χ3n) is 3.60. The van der Waals surface area contributed by atoms with Crippen LogP contribution in [0.1, 0.15) is 11.4 Å². The molecule has 2 heterocycles. The molecule has 0 atom stereocenters. The van der Waals surface area contributed by atoms with Crippen molar-refractivity contribution >= 4 is 5.69 Å². The molecule has 3 rings (SSSR count). The van der Waals surface area contributed by atoms with Crippen molar-refractivity contribution in [2.24, 2.45) is 0 Å². The van der Waals surface area contributed by atoms with Gasteiger partial charge in [-0.25, -0.2) is 0 Å². The van der Waals surface area contributed by atoms with E-state index in [1.54, 1.807) is 0 Å². The predicted molar refractivity (Wildman–Crippen MR) is 73.0 cm³/mol. The third-order valence-corrected chi connectivity index (χ3v) is 3.60. The van der Waals surface area contributed by atoms with Gasteiger partial charge in [0.25, 0.3) is 0 Å². The zero-order chi connectivity index (χ0) is 13.1. The van der Waals surface area contributed by atoms with E-state index in [-0.39, 0.29) is 0 Å². The Balaban J connectivity index is 1.59. The Bertz CT molecular complexity index is 518. The molecule has 0 N–H and O–H groups in total. The van der Waals surface area contributed by atoms with Gasteiger partial charge in [-0.15, -0.1) is 0 Å². The fourth-order valence-electron chi connectivity index (χ4n) is 2.53. The molecule has 0 amide bonds. The van der Waals surface area contributed by atoms with E-state index in [1.807, 2.05) is 0 Å². The van der Waals surface area contributed by atoms with Crippen molar-refractivity contribution in [3.05, 3.63) is 42.0 Å². The molecule has 1 saturated heterocycles. The first-order valence-corrected chi connectivity index (χ1v) is 6.61. The van der Waals surface area contributed by atoms with E-state index in [4.69, 9.17) is 4.52 Å². The van der Waals surface area contributed by atoms with Crippen LogP contribution in [0.5, 0.6) is 0 Å². The summed E-state index contributed by atoms with van der Waals surface area (Å²) < 4.78 is 4.76. The van der Waals surface area contributed by atoms with Gasteiger partial charge in [0.2, 0.25) is 6.39 Å². The van der Waals surface area contributed by atoms with Crippen LogP contribution in [0.15, 0.2) is 35.2 Å². The number of para-hydroxylation sites is 1. The molecule has 2 aromatic rings. The molecule has 1 fully saturated rings. The van der Waals surface area contributed by atoms with E-state index >= 15 is 0 Å². The minimum absolute atomic E-state index is 0.768. The zero-order valence-corrected chi connectivity index (χ0v) is 11.1. The maximum atomic E-state index is 4.76. The Kier molecular flexibility index (Phi) is 3.46. The maximum Gasteiger partial charge on any atom is 0.213 e. The lowest BCUT2D eigenvalue weighted by atomic mass is 10.1. The molecule has 1 aromatic carbocycles. The van der Waals surface area contributed by atoms with Gasteiger partial charge in [0.1, 0.15) is 0 Å². The number of anilines is 1. The number of hydrogen-bond donors (Lipinski definition) is 0. The zero-order valence-electron chi connectivity index (χ0n) is 11.1. The summed E-state index contributed by atoms with van der Waals surface area (Å²) in [6, 6.07) is 8.56. The number of aryl methyl sites for hydroxylation is 1. The van der Waals surface area contributed by atoms with E-state index < -0.39 is 0 Å². The van der Waals surface area contributed by atoms with Crippen molar-refractivity contribution in [2.45, 2.75) is 13.5 Å². The van der Waals surface area contributed by atoms with Crippen molar-refractivity contribution in [1.82, 2.24) is 15.0 Å². The van der Waals surface area contributed by atoms with Crippen molar-refractivity contribution in [1.29, 1.82) is 0 Å². The molecular formula is C14H18N4O. The Morgan fingerprint density at radius 2 is 1.95 bits per heavy atom. The van der Waals surface area contributed by atoms with E-state index in [2.05, 4.69) is 51.1 Å². The van der Waals surface area contributed by atoms with Gasteiger partial charge in [-0.05, 0) is 18.6 Å². The highest BCUT2D eigenvalue weighted by atomic mass is 16.5. The van der Waals surface area contributed by atoms with Crippen LogP contribution in [0.4, 0.5) is 5.69 Å². The van der Waals surface area contributed by atoms with Crippen LogP contribution in [0.25, 0.3) is 0 Å². The van der Waals surface area contributed by atoms with Crippen LogP contribution < -0.4 is 4.90 Å². The van der Waals surface area contributed by atoms with Gasteiger partial charge in [0.15, 0.2) is 5.82 Å². The van der Waals surface area contributed by atoms with Crippen molar-refractivity contribution in [2.75, 3.05) is 31.1 Å². The molecule has 1 aliphatic heterocycles. The van der Waals surface area contributed by atoms with Gasteiger partial charge in [-0.1, -0.05) is 23.4 Å². The lowest BCUT2D eigenvalue weighted by molar-refractivity contribution is 0.240. The second-order valence-electron chi connectivity index (χ2n) is 4.90. The van der Waals surface area contributed by atoms with E-state index in [1.165, 1.54) is 17.6 Å². The fourth-order valence-corrected chi connectivity index (χ4v) is 2.53. The van der Waals surface area contributed by atoms with Crippen LogP contribution in [-0.2, 0) is 6.54 Å². The van der Waals surface area contributed by atoms with Gasteiger partial charge in [0.05, 0.1) is 6.54 Å². The third kappa shape index (κ3) is 2.76. The summed E-state index contributed by atoms with van der Waals surface area (Å²) in [4.78, 5) is 8.88. The largest absolute Gasteiger partial charge is 0.369 e. The van der Waals surface area contributed by atoms with Gasteiger partial charge < -0.3 is 9.42 Å². The van der Waals surface area contributed by atoms with Crippen LogP contribution in [0, 0.1) is 6.92 Å². The average molecular weight is 258 g/mol. The molecule has 5 heteroatoms. The summed E-state index contributed by atoms with van der Waals surface area (Å²) in [5.74, 6) is 0.768.